The van der Waals surface area contributed by atoms with Gasteiger partial charge in [-0.1, -0.05) is 42.5 Å². The Balaban J connectivity index is 1.44. The monoisotopic (exact) mass is 398 g/mol. The number of aliphatic hydroxyl groups is 2. The molecule has 0 aromatic heterocycles. The van der Waals surface area contributed by atoms with Gasteiger partial charge in [-0.3, -0.25) is 4.79 Å². The quantitative estimate of drug-likeness (QED) is 0.586. The summed E-state index contributed by atoms with van der Waals surface area (Å²) in [5, 5.41) is 24.6. The number of ether oxygens (including phenoxy) is 1. The third kappa shape index (κ3) is 5.79. The zero-order chi connectivity index (χ0) is 20.7. The topological polar surface area (TPSA) is 82.0 Å². The van der Waals surface area contributed by atoms with Crippen molar-refractivity contribution in [3.63, 3.8) is 0 Å². The van der Waals surface area contributed by atoms with E-state index in [2.05, 4.69) is 5.32 Å². The number of aliphatic hydroxyl groups excluding tert-OH is 1. The Morgan fingerprint density at radius 1 is 1.21 bits per heavy atom. The van der Waals surface area contributed by atoms with Gasteiger partial charge in [0.15, 0.2) is 0 Å². The van der Waals surface area contributed by atoms with E-state index < -0.39 is 11.7 Å². The number of methoxy groups -OCH3 is 1. The molecule has 6 nitrogen and oxygen atoms in total. The van der Waals surface area contributed by atoms with Gasteiger partial charge in [-0.15, -0.1) is 0 Å². The van der Waals surface area contributed by atoms with E-state index in [1.807, 2.05) is 54.6 Å². The molecule has 0 spiro atoms. The molecule has 156 valence electrons. The lowest BCUT2D eigenvalue weighted by Gasteiger charge is -2.42. The second-order valence-corrected chi connectivity index (χ2v) is 7.65. The fourth-order valence-electron chi connectivity index (χ4n) is 3.65. The van der Waals surface area contributed by atoms with Gasteiger partial charge in [-0.05, 0) is 42.6 Å². The molecule has 6 heteroatoms. The van der Waals surface area contributed by atoms with E-state index in [0.717, 1.165) is 23.3 Å². The third-order valence-corrected chi connectivity index (χ3v) is 5.53. The van der Waals surface area contributed by atoms with Crippen LogP contribution < -0.4 is 10.1 Å². The first kappa shape index (κ1) is 21.3. The average Bonchev–Trinajstić information content (AvgIpc) is 2.74. The van der Waals surface area contributed by atoms with Gasteiger partial charge < -0.3 is 25.2 Å². The molecule has 0 saturated carbocycles. The van der Waals surface area contributed by atoms with Gasteiger partial charge in [-0.25, -0.2) is 0 Å². The van der Waals surface area contributed by atoms with Crippen LogP contribution in [0.25, 0.3) is 0 Å². The van der Waals surface area contributed by atoms with E-state index in [1.54, 1.807) is 12.0 Å². The number of hydrogen-bond acceptors (Lipinski definition) is 5. The van der Waals surface area contributed by atoms with Crippen molar-refractivity contribution in [2.45, 2.75) is 31.0 Å². The van der Waals surface area contributed by atoms with Crippen LogP contribution in [0.2, 0.25) is 0 Å². The summed E-state index contributed by atoms with van der Waals surface area (Å²) in [5.41, 5.74) is 0.871. The maximum absolute atomic E-state index is 12.5. The molecular weight excluding hydrogens is 368 g/mol. The standard InChI is InChI=1S/C23H30N2O4/c1-29-20-9-5-8-19(14-20)10-12-24-17-23(28)11-13-25(16-21(23)26)22(27)15-18-6-3-2-4-7-18/h2-9,14,21,24,26,28H,10-13,15-17H2,1H3/t21-,23-/m0/s1. The number of piperidine rings is 1. The number of carbonyl (C=O) groups excluding carboxylic acids is 1. The number of rotatable bonds is 8. The molecule has 0 bridgehead atoms. The van der Waals surface area contributed by atoms with Crippen LogP contribution in [0, 0.1) is 0 Å². The summed E-state index contributed by atoms with van der Waals surface area (Å²) in [6.07, 6.45) is 0.483. The minimum Gasteiger partial charge on any atom is -0.497 e. The molecule has 29 heavy (non-hydrogen) atoms. The fraction of sp³-hybridized carbons (Fsp3) is 0.435. The highest BCUT2D eigenvalue weighted by Crippen LogP contribution is 2.23. The number of amides is 1. The first-order valence-electron chi connectivity index (χ1n) is 10.1. The van der Waals surface area contributed by atoms with Gasteiger partial charge in [0, 0.05) is 19.6 Å². The number of likely N-dealkylation sites (tertiary alicyclic amines) is 1. The molecule has 0 unspecified atom stereocenters. The molecule has 1 aliphatic rings. The van der Waals surface area contributed by atoms with Crippen LogP contribution in [0.15, 0.2) is 54.6 Å². The molecular formula is C23H30N2O4. The number of nitrogens with one attached hydrogen (secondary N) is 1. The predicted octanol–water partition coefficient (Wildman–Crippen LogP) is 1.39. The molecule has 3 N–H and O–H groups in total. The SMILES string of the molecule is COc1cccc(CCNC[C@@]2(O)CCN(C(=O)Cc3ccccc3)C[C@@H]2O)c1. The molecule has 1 saturated heterocycles. The lowest BCUT2D eigenvalue weighted by atomic mass is 9.88. The Labute approximate surface area is 172 Å². The van der Waals surface area contributed by atoms with Crippen molar-refractivity contribution < 1.29 is 19.7 Å². The lowest BCUT2D eigenvalue weighted by Crippen LogP contribution is -2.60. The Kier molecular flexibility index (Phi) is 7.25. The summed E-state index contributed by atoms with van der Waals surface area (Å²) in [5.74, 6) is 0.798. The number of nitrogens with zero attached hydrogens (tertiary/aromatic N) is 1. The van der Waals surface area contributed by atoms with E-state index >= 15 is 0 Å². The van der Waals surface area contributed by atoms with Crippen LogP contribution in [-0.2, 0) is 17.6 Å². The number of hydrogen-bond donors (Lipinski definition) is 3. The van der Waals surface area contributed by atoms with Gasteiger partial charge >= 0.3 is 0 Å². The van der Waals surface area contributed by atoms with E-state index in [-0.39, 0.29) is 12.5 Å². The Morgan fingerprint density at radius 3 is 2.69 bits per heavy atom. The Morgan fingerprint density at radius 2 is 1.97 bits per heavy atom. The van der Waals surface area contributed by atoms with Crippen LogP contribution in [0.3, 0.4) is 0 Å². The summed E-state index contributed by atoms with van der Waals surface area (Å²) in [6, 6.07) is 17.4. The molecule has 0 radical (unpaired) electrons. The van der Waals surface area contributed by atoms with Crippen LogP contribution in [0.1, 0.15) is 17.5 Å². The zero-order valence-electron chi connectivity index (χ0n) is 16.9. The first-order chi connectivity index (χ1) is 14.0. The number of carbonyl (C=O) groups is 1. The molecule has 2 aromatic carbocycles. The van der Waals surface area contributed by atoms with Crippen molar-refractivity contribution in [2.75, 3.05) is 33.3 Å². The van der Waals surface area contributed by atoms with E-state index in [1.165, 1.54) is 0 Å². The molecule has 1 aliphatic heterocycles. The maximum Gasteiger partial charge on any atom is 0.227 e. The molecule has 2 aromatic rings. The normalized spacial score (nSPS) is 21.8. The van der Waals surface area contributed by atoms with Crippen LogP contribution in [0.4, 0.5) is 0 Å². The van der Waals surface area contributed by atoms with Gasteiger partial charge in [-0.2, -0.15) is 0 Å². The maximum atomic E-state index is 12.5. The van der Waals surface area contributed by atoms with Crippen LogP contribution in [0.5, 0.6) is 5.75 Å². The second kappa shape index (κ2) is 9.87. The molecule has 0 aliphatic carbocycles. The van der Waals surface area contributed by atoms with E-state index in [4.69, 9.17) is 4.74 Å². The molecule has 1 heterocycles. The minimum absolute atomic E-state index is 0.0247. The van der Waals surface area contributed by atoms with E-state index in [9.17, 15) is 15.0 Å². The Bertz CT molecular complexity index is 798. The summed E-state index contributed by atoms with van der Waals surface area (Å²) in [4.78, 5) is 14.1. The lowest BCUT2D eigenvalue weighted by molar-refractivity contribution is -0.148. The smallest absolute Gasteiger partial charge is 0.227 e. The fourth-order valence-corrected chi connectivity index (χ4v) is 3.65. The largest absolute Gasteiger partial charge is 0.497 e. The summed E-state index contributed by atoms with van der Waals surface area (Å²) >= 11 is 0. The molecule has 1 fully saturated rings. The second-order valence-electron chi connectivity index (χ2n) is 7.65. The predicted molar refractivity (Wildman–Crippen MR) is 112 cm³/mol. The van der Waals surface area contributed by atoms with Gasteiger partial charge in [0.25, 0.3) is 0 Å². The summed E-state index contributed by atoms with van der Waals surface area (Å²) in [6.45, 7) is 1.56. The van der Waals surface area contributed by atoms with Crippen molar-refractivity contribution in [1.82, 2.24) is 10.2 Å². The highest BCUT2D eigenvalue weighted by Gasteiger charge is 2.41. The molecule has 2 atom stereocenters. The Hall–Kier alpha value is -2.41. The minimum atomic E-state index is -1.22. The summed E-state index contributed by atoms with van der Waals surface area (Å²) in [7, 11) is 1.64. The van der Waals surface area contributed by atoms with Gasteiger partial charge in [0.05, 0.1) is 13.5 Å². The third-order valence-electron chi connectivity index (χ3n) is 5.53. The van der Waals surface area contributed by atoms with Crippen LogP contribution in [-0.4, -0.2) is 66.0 Å². The van der Waals surface area contributed by atoms with Crippen molar-refractivity contribution in [3.05, 3.63) is 65.7 Å². The molecule has 1 amide bonds. The van der Waals surface area contributed by atoms with Gasteiger partial charge in [0.1, 0.15) is 17.5 Å². The molecule has 3 rings (SSSR count). The van der Waals surface area contributed by atoms with Crippen molar-refractivity contribution in [3.8, 4) is 5.75 Å². The van der Waals surface area contributed by atoms with Crippen LogP contribution >= 0.6 is 0 Å². The summed E-state index contributed by atoms with van der Waals surface area (Å²) < 4.78 is 5.23. The van der Waals surface area contributed by atoms with Crippen molar-refractivity contribution in [2.24, 2.45) is 0 Å². The van der Waals surface area contributed by atoms with Gasteiger partial charge in [0.2, 0.25) is 5.91 Å². The highest BCUT2D eigenvalue weighted by molar-refractivity contribution is 5.79. The van der Waals surface area contributed by atoms with Crippen molar-refractivity contribution >= 4 is 5.91 Å². The number of benzene rings is 2. The average molecular weight is 399 g/mol. The first-order valence-corrected chi connectivity index (χ1v) is 10.1. The van der Waals surface area contributed by atoms with Crippen molar-refractivity contribution in [1.29, 1.82) is 0 Å². The number of β-amino-alcohol motifs (C(OH)–C–C–N with tert-alkyl or cyclic N) is 1. The highest BCUT2D eigenvalue weighted by atomic mass is 16.5. The zero-order valence-corrected chi connectivity index (χ0v) is 16.9. The van der Waals surface area contributed by atoms with E-state index in [0.29, 0.717) is 32.5 Å².